The van der Waals surface area contributed by atoms with E-state index in [1.165, 1.54) is 0 Å². The zero-order valence-electron chi connectivity index (χ0n) is 19.2. The molecule has 0 atom stereocenters. The van der Waals surface area contributed by atoms with Crippen LogP contribution in [0.15, 0.2) is 59.7 Å². The third-order valence-corrected chi connectivity index (χ3v) is 4.96. The first-order valence-electron chi connectivity index (χ1n) is 10.9. The van der Waals surface area contributed by atoms with Crippen molar-refractivity contribution >= 4 is 17.6 Å². The number of carbonyl (C=O) groups is 1. The Morgan fingerprint density at radius 1 is 1.09 bits per heavy atom. The van der Waals surface area contributed by atoms with Gasteiger partial charge in [0.1, 0.15) is 5.75 Å². The smallest absolute Gasteiger partial charge is 0.258 e. The van der Waals surface area contributed by atoms with Gasteiger partial charge in [-0.05, 0) is 63.1 Å². The molecule has 0 aliphatic rings. The van der Waals surface area contributed by atoms with Gasteiger partial charge < -0.3 is 10.1 Å². The van der Waals surface area contributed by atoms with Crippen LogP contribution in [0.2, 0.25) is 0 Å². The Balaban J connectivity index is 1.81. The minimum absolute atomic E-state index is 0.210. The number of nitrogens with one attached hydrogen (secondary N) is 2. The van der Waals surface area contributed by atoms with Gasteiger partial charge in [-0.15, -0.1) is 0 Å². The molecule has 7 nitrogen and oxygen atoms in total. The molecule has 3 aromatic rings. The molecule has 0 saturated carbocycles. The maximum atomic E-state index is 12.9. The SMILES string of the molecule is CCCn1cc(CN=C(NC(=O)c2ccccc2C)Nc2ccc(OCC)cc2)c(C)n1. The van der Waals surface area contributed by atoms with Crippen LogP contribution in [0.25, 0.3) is 0 Å². The van der Waals surface area contributed by atoms with Crippen LogP contribution in [0.3, 0.4) is 0 Å². The largest absolute Gasteiger partial charge is 0.494 e. The molecule has 0 bridgehead atoms. The molecule has 3 rings (SSSR count). The Bertz CT molecular complexity index is 1070. The molecule has 0 radical (unpaired) electrons. The van der Waals surface area contributed by atoms with Crippen LogP contribution in [0.4, 0.5) is 5.69 Å². The lowest BCUT2D eigenvalue weighted by Gasteiger charge is -2.13. The van der Waals surface area contributed by atoms with E-state index in [2.05, 4.69) is 27.6 Å². The van der Waals surface area contributed by atoms with Crippen LogP contribution in [-0.2, 0) is 13.1 Å². The molecule has 0 aliphatic carbocycles. The van der Waals surface area contributed by atoms with Crippen molar-refractivity contribution in [2.75, 3.05) is 11.9 Å². The lowest BCUT2D eigenvalue weighted by molar-refractivity contribution is 0.0976. The van der Waals surface area contributed by atoms with Crippen molar-refractivity contribution in [2.45, 2.75) is 47.2 Å². The van der Waals surface area contributed by atoms with Crippen LogP contribution >= 0.6 is 0 Å². The Morgan fingerprint density at radius 3 is 2.53 bits per heavy atom. The fraction of sp³-hybridized carbons (Fsp3) is 0.320. The van der Waals surface area contributed by atoms with Gasteiger partial charge >= 0.3 is 0 Å². The van der Waals surface area contributed by atoms with Gasteiger partial charge in [0.15, 0.2) is 0 Å². The first kappa shape index (κ1) is 23.1. The lowest BCUT2D eigenvalue weighted by atomic mass is 10.1. The number of benzene rings is 2. The molecule has 32 heavy (non-hydrogen) atoms. The van der Waals surface area contributed by atoms with Crippen molar-refractivity contribution in [3.05, 3.63) is 77.1 Å². The summed E-state index contributed by atoms with van der Waals surface area (Å²) in [6.45, 7) is 9.84. The quantitative estimate of drug-likeness (QED) is 0.398. The van der Waals surface area contributed by atoms with Gasteiger partial charge in [0.05, 0.1) is 18.8 Å². The molecule has 1 amide bonds. The zero-order valence-corrected chi connectivity index (χ0v) is 19.2. The highest BCUT2D eigenvalue weighted by molar-refractivity contribution is 6.10. The van der Waals surface area contributed by atoms with Gasteiger partial charge in [-0.1, -0.05) is 25.1 Å². The van der Waals surface area contributed by atoms with Gasteiger partial charge in [0.25, 0.3) is 5.91 Å². The third-order valence-electron chi connectivity index (χ3n) is 4.96. The highest BCUT2D eigenvalue weighted by atomic mass is 16.5. The molecule has 0 spiro atoms. The molecule has 0 unspecified atom stereocenters. The lowest BCUT2D eigenvalue weighted by Crippen LogP contribution is -2.36. The summed E-state index contributed by atoms with van der Waals surface area (Å²) in [5.41, 5.74) is 4.28. The van der Waals surface area contributed by atoms with Gasteiger partial charge in [-0.25, -0.2) is 4.99 Å². The maximum Gasteiger partial charge on any atom is 0.258 e. The van der Waals surface area contributed by atoms with Crippen LogP contribution in [-0.4, -0.2) is 28.3 Å². The summed E-state index contributed by atoms with van der Waals surface area (Å²) in [5, 5.41) is 10.7. The molecule has 0 aliphatic heterocycles. The van der Waals surface area contributed by atoms with E-state index in [-0.39, 0.29) is 5.91 Å². The summed E-state index contributed by atoms with van der Waals surface area (Å²) in [6, 6.07) is 15.0. The molecule has 2 aromatic carbocycles. The Morgan fingerprint density at radius 2 is 1.84 bits per heavy atom. The summed E-state index contributed by atoms with van der Waals surface area (Å²) in [4.78, 5) is 17.6. The van der Waals surface area contributed by atoms with Gasteiger partial charge in [-0.3, -0.25) is 14.8 Å². The number of aliphatic imine (C=N–C) groups is 1. The van der Waals surface area contributed by atoms with Crippen molar-refractivity contribution in [3.8, 4) is 5.75 Å². The number of carbonyl (C=O) groups excluding carboxylic acids is 1. The van der Waals surface area contributed by atoms with Crippen LogP contribution < -0.4 is 15.4 Å². The summed E-state index contributed by atoms with van der Waals surface area (Å²) in [7, 11) is 0. The van der Waals surface area contributed by atoms with Crippen molar-refractivity contribution < 1.29 is 9.53 Å². The molecule has 0 fully saturated rings. The molecule has 7 heteroatoms. The van der Waals surface area contributed by atoms with E-state index in [4.69, 9.17) is 4.74 Å². The highest BCUT2D eigenvalue weighted by Crippen LogP contribution is 2.16. The van der Waals surface area contributed by atoms with Gasteiger partial charge in [-0.2, -0.15) is 5.10 Å². The number of nitrogens with zero attached hydrogens (tertiary/aromatic N) is 3. The van der Waals surface area contributed by atoms with E-state index in [1.807, 2.05) is 74.1 Å². The van der Waals surface area contributed by atoms with Crippen molar-refractivity contribution in [1.82, 2.24) is 15.1 Å². The van der Waals surface area contributed by atoms with Crippen LogP contribution in [0.1, 0.15) is 47.4 Å². The minimum atomic E-state index is -0.210. The van der Waals surface area contributed by atoms with E-state index in [1.54, 1.807) is 6.07 Å². The maximum absolute atomic E-state index is 12.9. The number of anilines is 1. The summed E-state index contributed by atoms with van der Waals surface area (Å²) in [5.74, 6) is 0.961. The number of amides is 1. The number of hydrogen-bond acceptors (Lipinski definition) is 4. The number of aromatic nitrogens is 2. The number of aryl methyl sites for hydroxylation is 3. The van der Waals surface area contributed by atoms with E-state index < -0.39 is 0 Å². The van der Waals surface area contributed by atoms with Crippen LogP contribution in [0.5, 0.6) is 5.75 Å². The second-order valence-electron chi connectivity index (χ2n) is 7.52. The number of hydrogen-bond donors (Lipinski definition) is 2. The Kier molecular flexibility index (Phi) is 8.02. The molecule has 0 saturated heterocycles. The van der Waals surface area contributed by atoms with E-state index in [9.17, 15) is 4.79 Å². The average Bonchev–Trinajstić information content (AvgIpc) is 3.13. The van der Waals surface area contributed by atoms with E-state index in [0.29, 0.717) is 24.7 Å². The fourth-order valence-electron chi connectivity index (χ4n) is 3.27. The van der Waals surface area contributed by atoms with E-state index in [0.717, 1.165) is 41.2 Å². The van der Waals surface area contributed by atoms with Crippen LogP contribution in [0, 0.1) is 13.8 Å². The van der Waals surface area contributed by atoms with Crippen molar-refractivity contribution in [3.63, 3.8) is 0 Å². The summed E-state index contributed by atoms with van der Waals surface area (Å²) >= 11 is 0. The van der Waals surface area contributed by atoms with Crippen molar-refractivity contribution in [2.24, 2.45) is 4.99 Å². The third kappa shape index (κ3) is 6.20. The minimum Gasteiger partial charge on any atom is -0.494 e. The summed E-state index contributed by atoms with van der Waals surface area (Å²) in [6.07, 6.45) is 3.03. The topological polar surface area (TPSA) is 80.5 Å². The van der Waals surface area contributed by atoms with Gasteiger partial charge in [0.2, 0.25) is 5.96 Å². The molecule has 1 heterocycles. The first-order chi connectivity index (χ1) is 15.5. The Labute approximate surface area is 189 Å². The predicted octanol–water partition coefficient (Wildman–Crippen LogP) is 4.71. The zero-order chi connectivity index (χ0) is 22.9. The molecular weight excluding hydrogens is 402 g/mol. The fourth-order valence-corrected chi connectivity index (χ4v) is 3.27. The molecular formula is C25H31N5O2. The number of rotatable bonds is 8. The second-order valence-corrected chi connectivity index (χ2v) is 7.52. The monoisotopic (exact) mass is 433 g/mol. The van der Waals surface area contributed by atoms with Crippen molar-refractivity contribution in [1.29, 1.82) is 0 Å². The normalized spacial score (nSPS) is 11.3. The number of ether oxygens (including phenoxy) is 1. The average molecular weight is 434 g/mol. The molecule has 2 N–H and O–H groups in total. The second kappa shape index (κ2) is 11.1. The highest BCUT2D eigenvalue weighted by Gasteiger charge is 2.12. The van der Waals surface area contributed by atoms with E-state index >= 15 is 0 Å². The molecule has 1 aromatic heterocycles. The standard InChI is InChI=1S/C25H31N5O2/c1-5-15-30-17-20(19(4)29-30)16-26-25(27-21-11-13-22(14-12-21)32-6-2)28-24(31)23-10-8-7-9-18(23)3/h7-14,17H,5-6,15-16H2,1-4H3,(H2,26,27,28,31). The molecule has 168 valence electrons. The predicted molar refractivity (Wildman–Crippen MR) is 128 cm³/mol. The number of guanidine groups is 1. The Hall–Kier alpha value is -3.61. The van der Waals surface area contributed by atoms with Gasteiger partial charge in [0, 0.05) is 29.6 Å². The first-order valence-corrected chi connectivity index (χ1v) is 10.9. The summed E-state index contributed by atoms with van der Waals surface area (Å²) < 4.78 is 7.44.